The van der Waals surface area contributed by atoms with Crippen LogP contribution >= 0.6 is 0 Å². The molecule has 3 aliphatic carbocycles. The van der Waals surface area contributed by atoms with Crippen molar-refractivity contribution in [1.29, 1.82) is 0 Å². The molecule has 2 aliphatic heterocycles. The summed E-state index contributed by atoms with van der Waals surface area (Å²) in [5.74, 6) is -1.92. The smallest absolute Gasteiger partial charge is 0.313 e. The molecule has 7 heteroatoms. The van der Waals surface area contributed by atoms with Crippen molar-refractivity contribution >= 4 is 11.8 Å². The fraction of sp³-hybridized carbons (Fsp3) is 0.800. The SMILES string of the molecule is CO[C@@H]1C(=O)C=C(C)[C@@H]2C[C@H](O)[C@@]34CO[C@]5(C)[C@@H](OC(=O)[C@@H]53)[C@H](O)[C@@H]4[C@@]12C. The van der Waals surface area contributed by atoms with Gasteiger partial charge in [0, 0.05) is 23.9 Å². The molecule has 5 aliphatic rings. The molecule has 1 spiro atoms. The molecular weight excluding hydrogens is 352 g/mol. The van der Waals surface area contributed by atoms with Gasteiger partial charge in [0.2, 0.25) is 0 Å². The lowest BCUT2D eigenvalue weighted by molar-refractivity contribution is -0.237. The predicted octanol–water partition coefficient (Wildman–Crippen LogP) is 0.225. The minimum atomic E-state index is -1.04. The van der Waals surface area contributed by atoms with Crippen molar-refractivity contribution in [2.75, 3.05) is 13.7 Å². The standard InChI is InChI=1S/C20H26O7/c1-8-5-10(21)15(25-4)18(2)9(8)6-11(22)20-7-26-19(3)14(20)17(24)27-16(19)12(23)13(18)20/h5,9,11-16,22-23H,6-7H2,1-4H3/t9-,11-,12+,13+,14-,15+,16-,18-,19-,20+/m0/s1. The van der Waals surface area contributed by atoms with Crippen molar-refractivity contribution in [1.82, 2.24) is 0 Å². The van der Waals surface area contributed by atoms with Crippen LogP contribution in [0.3, 0.4) is 0 Å². The van der Waals surface area contributed by atoms with Crippen LogP contribution in [0, 0.1) is 28.6 Å². The Morgan fingerprint density at radius 3 is 2.63 bits per heavy atom. The molecule has 2 N–H and O–H groups in total. The van der Waals surface area contributed by atoms with Crippen molar-refractivity contribution in [2.45, 2.75) is 57.2 Å². The number of ketones is 1. The summed E-state index contributed by atoms with van der Waals surface area (Å²) >= 11 is 0. The molecule has 2 saturated heterocycles. The van der Waals surface area contributed by atoms with Crippen molar-refractivity contribution in [3.63, 3.8) is 0 Å². The molecule has 10 atom stereocenters. The molecule has 0 aromatic heterocycles. The largest absolute Gasteiger partial charge is 0.456 e. The third-order valence-electron chi connectivity index (χ3n) is 8.50. The molecule has 2 heterocycles. The van der Waals surface area contributed by atoms with Gasteiger partial charge in [-0.15, -0.1) is 0 Å². The van der Waals surface area contributed by atoms with Crippen LogP contribution in [0.2, 0.25) is 0 Å². The lowest BCUT2D eigenvalue weighted by Crippen LogP contribution is -2.73. The summed E-state index contributed by atoms with van der Waals surface area (Å²) in [6, 6.07) is 0. The number of hydrogen-bond donors (Lipinski definition) is 2. The highest BCUT2D eigenvalue weighted by atomic mass is 16.6. The zero-order chi connectivity index (χ0) is 19.5. The predicted molar refractivity (Wildman–Crippen MR) is 91.4 cm³/mol. The van der Waals surface area contributed by atoms with Crippen LogP contribution in [0.5, 0.6) is 0 Å². The van der Waals surface area contributed by atoms with Gasteiger partial charge in [-0.2, -0.15) is 0 Å². The third-order valence-corrected chi connectivity index (χ3v) is 8.50. The van der Waals surface area contributed by atoms with Gasteiger partial charge in [-0.3, -0.25) is 9.59 Å². The summed E-state index contributed by atoms with van der Waals surface area (Å²) in [5.41, 5.74) is -1.84. The number of fused-ring (bicyclic) bond motifs is 2. The Bertz CT molecular complexity index is 776. The second kappa shape index (κ2) is 5.00. The molecule has 0 unspecified atom stereocenters. The summed E-state index contributed by atoms with van der Waals surface area (Å²) in [5, 5.41) is 22.7. The van der Waals surface area contributed by atoms with Crippen molar-refractivity contribution in [3.05, 3.63) is 11.6 Å². The Morgan fingerprint density at radius 1 is 1.26 bits per heavy atom. The molecule has 4 fully saturated rings. The van der Waals surface area contributed by atoms with Gasteiger partial charge in [-0.1, -0.05) is 12.5 Å². The van der Waals surface area contributed by atoms with Gasteiger partial charge in [0.15, 0.2) is 11.9 Å². The number of allylic oxidation sites excluding steroid dienone is 1. The first-order valence-corrected chi connectivity index (χ1v) is 9.59. The molecular formula is C20H26O7. The van der Waals surface area contributed by atoms with Gasteiger partial charge >= 0.3 is 5.97 Å². The zero-order valence-corrected chi connectivity index (χ0v) is 16.0. The van der Waals surface area contributed by atoms with Crippen LogP contribution in [-0.2, 0) is 23.8 Å². The Labute approximate surface area is 157 Å². The third kappa shape index (κ3) is 1.66. The van der Waals surface area contributed by atoms with Crippen LogP contribution in [0.25, 0.3) is 0 Å². The minimum Gasteiger partial charge on any atom is -0.456 e. The lowest BCUT2D eigenvalue weighted by atomic mass is 9.39. The van der Waals surface area contributed by atoms with Crippen molar-refractivity contribution in [2.24, 2.45) is 28.6 Å². The Balaban J connectivity index is 1.77. The maximum absolute atomic E-state index is 12.8. The number of esters is 1. The number of methoxy groups -OCH3 is 1. The fourth-order valence-corrected chi connectivity index (χ4v) is 7.62. The first-order valence-electron chi connectivity index (χ1n) is 9.59. The van der Waals surface area contributed by atoms with E-state index in [1.165, 1.54) is 7.11 Å². The van der Waals surface area contributed by atoms with E-state index in [0.29, 0.717) is 6.42 Å². The average Bonchev–Trinajstić information content (AvgIpc) is 2.96. The van der Waals surface area contributed by atoms with Crippen molar-refractivity contribution in [3.8, 4) is 0 Å². The average molecular weight is 378 g/mol. The summed E-state index contributed by atoms with van der Waals surface area (Å²) in [7, 11) is 1.50. The fourth-order valence-electron chi connectivity index (χ4n) is 7.62. The number of rotatable bonds is 1. The number of ether oxygens (including phenoxy) is 3. The molecule has 0 amide bonds. The monoisotopic (exact) mass is 378 g/mol. The number of hydrogen-bond acceptors (Lipinski definition) is 7. The summed E-state index contributed by atoms with van der Waals surface area (Å²) in [4.78, 5) is 25.6. The highest BCUT2D eigenvalue weighted by Gasteiger charge is 2.83. The van der Waals surface area contributed by atoms with E-state index in [1.807, 2.05) is 13.8 Å². The first-order chi connectivity index (χ1) is 12.6. The normalized spacial score (nSPS) is 58.4. The number of aliphatic hydroxyl groups excluding tert-OH is 2. The van der Waals surface area contributed by atoms with E-state index >= 15 is 0 Å². The molecule has 4 bridgehead atoms. The second-order valence-electron chi connectivity index (χ2n) is 9.42. The van der Waals surface area contributed by atoms with Gasteiger partial charge in [0.25, 0.3) is 0 Å². The molecule has 0 radical (unpaired) electrons. The van der Waals surface area contributed by atoms with E-state index in [2.05, 4.69) is 0 Å². The van der Waals surface area contributed by atoms with Gasteiger partial charge in [0.05, 0.1) is 24.7 Å². The van der Waals surface area contributed by atoms with Crippen LogP contribution in [-0.4, -0.2) is 65.7 Å². The Morgan fingerprint density at radius 2 is 1.96 bits per heavy atom. The zero-order valence-electron chi connectivity index (χ0n) is 16.0. The van der Waals surface area contributed by atoms with E-state index < -0.39 is 58.7 Å². The van der Waals surface area contributed by atoms with E-state index in [0.717, 1.165) is 5.57 Å². The van der Waals surface area contributed by atoms with E-state index in [-0.39, 0.29) is 18.3 Å². The lowest BCUT2D eigenvalue weighted by Gasteiger charge is -2.64. The number of carbonyl (C=O) groups excluding carboxylic acids is 2. The molecule has 148 valence electrons. The maximum Gasteiger partial charge on any atom is 0.313 e. The van der Waals surface area contributed by atoms with E-state index in [9.17, 15) is 19.8 Å². The maximum atomic E-state index is 12.8. The second-order valence-corrected chi connectivity index (χ2v) is 9.42. The number of aliphatic hydroxyl groups is 2. The van der Waals surface area contributed by atoms with Crippen LogP contribution in [0.15, 0.2) is 11.6 Å². The van der Waals surface area contributed by atoms with E-state index in [4.69, 9.17) is 14.2 Å². The Hall–Kier alpha value is -1.28. The van der Waals surface area contributed by atoms with Crippen LogP contribution < -0.4 is 0 Å². The number of carbonyl (C=O) groups is 2. The van der Waals surface area contributed by atoms with Gasteiger partial charge in [-0.25, -0.2) is 0 Å². The topological polar surface area (TPSA) is 102 Å². The highest BCUT2D eigenvalue weighted by Crippen LogP contribution is 2.72. The summed E-state index contributed by atoms with van der Waals surface area (Å²) < 4.78 is 17.3. The molecule has 2 saturated carbocycles. The molecule has 0 aromatic carbocycles. The van der Waals surface area contributed by atoms with E-state index in [1.54, 1.807) is 13.0 Å². The summed E-state index contributed by atoms with van der Waals surface area (Å²) in [6.45, 7) is 5.79. The molecule has 7 nitrogen and oxygen atoms in total. The quantitative estimate of drug-likeness (QED) is 0.630. The van der Waals surface area contributed by atoms with Gasteiger partial charge in [-0.05, 0) is 32.3 Å². The molecule has 27 heavy (non-hydrogen) atoms. The first kappa shape index (κ1) is 17.8. The highest BCUT2D eigenvalue weighted by molar-refractivity contribution is 5.96. The summed E-state index contributed by atoms with van der Waals surface area (Å²) in [6.07, 6.45) is -1.47. The minimum absolute atomic E-state index is 0.139. The van der Waals surface area contributed by atoms with Gasteiger partial charge in [0.1, 0.15) is 11.7 Å². The Kier molecular flexibility index (Phi) is 3.30. The van der Waals surface area contributed by atoms with Gasteiger partial charge < -0.3 is 24.4 Å². The molecule has 5 rings (SSSR count). The molecule has 0 aromatic rings. The van der Waals surface area contributed by atoms with Crippen molar-refractivity contribution < 1.29 is 34.0 Å². The van der Waals surface area contributed by atoms with Crippen LogP contribution in [0.1, 0.15) is 27.2 Å². The van der Waals surface area contributed by atoms with Crippen LogP contribution in [0.4, 0.5) is 0 Å².